The Balaban J connectivity index is 3.60. The Kier molecular flexibility index (Phi) is 7.22. The van der Waals surface area contributed by atoms with E-state index in [1.54, 1.807) is 0 Å². The second-order valence-corrected chi connectivity index (χ2v) is 3.52. The van der Waals surface area contributed by atoms with Crippen LogP contribution < -0.4 is 0 Å². The van der Waals surface area contributed by atoms with Crippen LogP contribution in [0.25, 0.3) is 0 Å². The second kappa shape index (κ2) is 7.38. The zero-order chi connectivity index (χ0) is 9.40. The maximum Gasteiger partial charge on any atom is 0.0407 e. The van der Waals surface area contributed by atoms with E-state index in [9.17, 15) is 0 Å². The molecule has 1 atom stereocenters. The number of rotatable bonds is 5. The van der Waals surface area contributed by atoms with Crippen LogP contribution in [-0.4, -0.2) is 31.4 Å². The van der Waals surface area contributed by atoms with Crippen molar-refractivity contribution in [2.24, 2.45) is 5.92 Å². The van der Waals surface area contributed by atoms with Crippen molar-refractivity contribution in [3.05, 3.63) is 24.3 Å². The fourth-order valence-electron chi connectivity index (χ4n) is 1.02. The smallest absolute Gasteiger partial charge is 0.0407 e. The second-order valence-electron chi connectivity index (χ2n) is 3.21. The summed E-state index contributed by atoms with van der Waals surface area (Å²) in [5, 5.41) is 0. The molecule has 0 aliphatic carbocycles. The first-order valence-electron chi connectivity index (χ1n) is 4.21. The van der Waals surface area contributed by atoms with E-state index in [2.05, 4.69) is 38.1 Å². The van der Waals surface area contributed by atoms with E-state index < -0.39 is 0 Å². The molecule has 0 rings (SSSR count). The van der Waals surface area contributed by atoms with Crippen molar-refractivity contribution in [2.45, 2.75) is 6.92 Å². The van der Waals surface area contributed by atoms with Crippen LogP contribution in [0.5, 0.6) is 0 Å². The molecule has 0 heterocycles. The van der Waals surface area contributed by atoms with Crippen molar-refractivity contribution in [3.63, 3.8) is 0 Å². The molecule has 0 aromatic rings. The largest absolute Gasteiger partial charge is 0.309 e. The molecule has 0 aromatic carbocycles. The van der Waals surface area contributed by atoms with Gasteiger partial charge in [-0.2, -0.15) is 0 Å². The minimum Gasteiger partial charge on any atom is -0.309 e. The predicted octanol–water partition coefficient (Wildman–Crippen LogP) is 2.54. The molecule has 1 unspecified atom stereocenters. The van der Waals surface area contributed by atoms with Crippen LogP contribution >= 0.6 is 11.6 Å². The number of hydrogen-bond acceptors (Lipinski definition) is 1. The van der Waals surface area contributed by atoms with Gasteiger partial charge in [0.1, 0.15) is 0 Å². The van der Waals surface area contributed by atoms with E-state index in [1.807, 2.05) is 12.2 Å². The summed E-state index contributed by atoms with van der Waals surface area (Å²) >= 11 is 5.47. The molecule has 0 bridgehead atoms. The van der Waals surface area contributed by atoms with Crippen molar-refractivity contribution < 1.29 is 0 Å². The van der Waals surface area contributed by atoms with Gasteiger partial charge in [0, 0.05) is 12.4 Å². The van der Waals surface area contributed by atoms with Crippen LogP contribution in [0.2, 0.25) is 0 Å². The first-order chi connectivity index (χ1) is 5.66. The molecule has 1 nitrogen and oxygen atoms in total. The summed E-state index contributed by atoms with van der Waals surface area (Å²) in [6, 6.07) is 0. The standard InChI is InChI=1S/C10H18ClN/c1-10(9-12(2)3)7-5-4-6-8-11/h4-7,10H,8-9H2,1-3H3/b6-4-,7-5-. The minimum atomic E-state index is 0.590. The Morgan fingerprint density at radius 2 is 2.00 bits per heavy atom. The van der Waals surface area contributed by atoms with Crippen LogP contribution in [0.15, 0.2) is 24.3 Å². The highest BCUT2D eigenvalue weighted by atomic mass is 35.5. The lowest BCUT2D eigenvalue weighted by Crippen LogP contribution is -2.18. The summed E-state index contributed by atoms with van der Waals surface area (Å²) < 4.78 is 0. The Morgan fingerprint density at radius 3 is 2.50 bits per heavy atom. The van der Waals surface area contributed by atoms with E-state index >= 15 is 0 Å². The van der Waals surface area contributed by atoms with E-state index in [1.165, 1.54) is 0 Å². The third-order valence-electron chi connectivity index (χ3n) is 1.43. The third kappa shape index (κ3) is 7.83. The summed E-state index contributed by atoms with van der Waals surface area (Å²) in [6.45, 7) is 3.29. The fourth-order valence-corrected chi connectivity index (χ4v) is 1.12. The van der Waals surface area contributed by atoms with Crippen LogP contribution in [0.3, 0.4) is 0 Å². The molecule has 0 radical (unpaired) electrons. The number of allylic oxidation sites excluding steroid dienone is 3. The van der Waals surface area contributed by atoms with Crippen molar-refractivity contribution in [3.8, 4) is 0 Å². The maximum atomic E-state index is 5.47. The molecule has 2 heteroatoms. The summed E-state index contributed by atoms with van der Waals surface area (Å²) in [4.78, 5) is 2.18. The van der Waals surface area contributed by atoms with Gasteiger partial charge >= 0.3 is 0 Å². The molecule has 0 aliphatic heterocycles. The molecule has 0 N–H and O–H groups in total. The number of hydrogen-bond donors (Lipinski definition) is 0. The molecule has 0 saturated carbocycles. The Bertz CT molecular complexity index is 150. The molecule has 0 aliphatic rings. The lowest BCUT2D eigenvalue weighted by molar-refractivity contribution is 0.371. The van der Waals surface area contributed by atoms with Gasteiger partial charge in [-0.05, 0) is 20.0 Å². The van der Waals surface area contributed by atoms with Gasteiger partial charge in [-0.1, -0.05) is 31.2 Å². The molecule has 0 amide bonds. The number of alkyl halides is 1. The molecule has 0 aromatic heterocycles. The van der Waals surface area contributed by atoms with Gasteiger partial charge in [0.25, 0.3) is 0 Å². The van der Waals surface area contributed by atoms with Crippen LogP contribution in [0.1, 0.15) is 6.92 Å². The zero-order valence-corrected chi connectivity index (χ0v) is 8.88. The topological polar surface area (TPSA) is 3.24 Å². The highest BCUT2D eigenvalue weighted by Gasteiger charge is 1.96. The van der Waals surface area contributed by atoms with Gasteiger partial charge in [-0.15, -0.1) is 11.6 Å². The summed E-state index contributed by atoms with van der Waals surface area (Å²) in [6.07, 6.45) is 8.15. The normalized spacial score (nSPS) is 15.1. The molecular formula is C10H18ClN. The van der Waals surface area contributed by atoms with Gasteiger partial charge in [0.2, 0.25) is 0 Å². The average Bonchev–Trinajstić information content (AvgIpc) is 1.97. The van der Waals surface area contributed by atoms with Crippen molar-refractivity contribution >= 4 is 11.6 Å². The highest BCUT2D eigenvalue weighted by molar-refractivity contribution is 6.18. The Morgan fingerprint density at radius 1 is 1.33 bits per heavy atom. The van der Waals surface area contributed by atoms with Gasteiger partial charge in [-0.25, -0.2) is 0 Å². The number of nitrogens with zero attached hydrogens (tertiary/aromatic N) is 1. The molecular weight excluding hydrogens is 170 g/mol. The minimum absolute atomic E-state index is 0.590. The van der Waals surface area contributed by atoms with E-state index in [-0.39, 0.29) is 0 Å². The average molecular weight is 188 g/mol. The van der Waals surface area contributed by atoms with Crippen molar-refractivity contribution in [2.75, 3.05) is 26.5 Å². The third-order valence-corrected chi connectivity index (χ3v) is 1.61. The van der Waals surface area contributed by atoms with E-state index in [0.717, 1.165) is 6.54 Å². The van der Waals surface area contributed by atoms with Gasteiger partial charge in [-0.3, -0.25) is 0 Å². The maximum absolute atomic E-state index is 5.47. The zero-order valence-electron chi connectivity index (χ0n) is 8.13. The van der Waals surface area contributed by atoms with Crippen molar-refractivity contribution in [1.82, 2.24) is 4.90 Å². The first-order valence-corrected chi connectivity index (χ1v) is 4.74. The van der Waals surface area contributed by atoms with Crippen molar-refractivity contribution in [1.29, 1.82) is 0 Å². The molecule has 12 heavy (non-hydrogen) atoms. The quantitative estimate of drug-likeness (QED) is 0.473. The Hall–Kier alpha value is -0.270. The molecule has 0 saturated heterocycles. The lowest BCUT2D eigenvalue weighted by atomic mass is 10.1. The molecule has 0 spiro atoms. The van der Waals surface area contributed by atoms with E-state index in [4.69, 9.17) is 11.6 Å². The number of halogens is 1. The SMILES string of the molecule is CC(/C=C\C=C/CCl)CN(C)C. The lowest BCUT2D eigenvalue weighted by Gasteiger charge is -2.12. The van der Waals surface area contributed by atoms with E-state index in [0.29, 0.717) is 11.8 Å². The highest BCUT2D eigenvalue weighted by Crippen LogP contribution is 1.98. The fraction of sp³-hybridized carbons (Fsp3) is 0.600. The summed E-state index contributed by atoms with van der Waals surface area (Å²) in [5.74, 6) is 1.19. The predicted molar refractivity (Wildman–Crippen MR) is 56.7 cm³/mol. The van der Waals surface area contributed by atoms with Crippen LogP contribution in [0.4, 0.5) is 0 Å². The van der Waals surface area contributed by atoms with Gasteiger partial charge in [0.15, 0.2) is 0 Å². The van der Waals surface area contributed by atoms with Crippen LogP contribution in [-0.2, 0) is 0 Å². The molecule has 0 fully saturated rings. The van der Waals surface area contributed by atoms with Gasteiger partial charge < -0.3 is 4.90 Å². The van der Waals surface area contributed by atoms with Gasteiger partial charge in [0.05, 0.1) is 0 Å². The van der Waals surface area contributed by atoms with Crippen LogP contribution in [0, 0.1) is 5.92 Å². The monoisotopic (exact) mass is 187 g/mol. The summed E-state index contributed by atoms with van der Waals surface area (Å²) in [7, 11) is 4.16. The first kappa shape index (κ1) is 11.7. The Labute approximate surface area is 80.7 Å². The molecule has 70 valence electrons. The summed E-state index contributed by atoms with van der Waals surface area (Å²) in [5.41, 5.74) is 0.